The molecule has 0 bridgehead atoms. The molecule has 2 rings (SSSR count). The van der Waals surface area contributed by atoms with E-state index in [0.717, 1.165) is 13.1 Å². The van der Waals surface area contributed by atoms with Crippen molar-refractivity contribution in [3.05, 3.63) is 28.2 Å². The van der Waals surface area contributed by atoms with Gasteiger partial charge in [0.25, 0.3) is 0 Å². The van der Waals surface area contributed by atoms with Crippen LogP contribution in [0.2, 0.25) is 10.0 Å². The van der Waals surface area contributed by atoms with Crippen LogP contribution in [-0.4, -0.2) is 30.4 Å². The predicted octanol–water partition coefficient (Wildman–Crippen LogP) is 3.03. The molecule has 0 radical (unpaired) electrons. The lowest BCUT2D eigenvalue weighted by molar-refractivity contribution is -0.117. The van der Waals surface area contributed by atoms with E-state index >= 15 is 0 Å². The van der Waals surface area contributed by atoms with Gasteiger partial charge in [-0.15, -0.1) is 0 Å². The quantitative estimate of drug-likeness (QED) is 0.918. The van der Waals surface area contributed by atoms with Crippen molar-refractivity contribution in [2.45, 2.75) is 12.8 Å². The van der Waals surface area contributed by atoms with E-state index in [4.69, 9.17) is 23.2 Å². The maximum atomic E-state index is 11.8. The summed E-state index contributed by atoms with van der Waals surface area (Å²) < 4.78 is 0. The number of benzene rings is 1. The molecule has 1 amide bonds. The zero-order chi connectivity index (χ0) is 12.3. The van der Waals surface area contributed by atoms with Crippen molar-refractivity contribution in [1.29, 1.82) is 0 Å². The summed E-state index contributed by atoms with van der Waals surface area (Å²) in [7, 11) is 0. The molecule has 0 aliphatic carbocycles. The van der Waals surface area contributed by atoms with Crippen LogP contribution in [0, 0.1) is 0 Å². The zero-order valence-corrected chi connectivity index (χ0v) is 10.9. The molecule has 1 aliphatic rings. The third-order valence-corrected chi connectivity index (χ3v) is 3.33. The number of nitrogens with zero attached hydrogens (tertiary/aromatic N) is 1. The number of rotatable bonds is 3. The fourth-order valence-electron chi connectivity index (χ4n) is 1.93. The van der Waals surface area contributed by atoms with Crippen molar-refractivity contribution < 1.29 is 4.79 Å². The molecule has 1 aliphatic heterocycles. The van der Waals surface area contributed by atoms with E-state index in [1.165, 1.54) is 12.8 Å². The topological polar surface area (TPSA) is 32.3 Å². The summed E-state index contributed by atoms with van der Waals surface area (Å²) in [5.41, 5.74) is 0.573. The lowest BCUT2D eigenvalue weighted by Gasteiger charge is -2.14. The highest BCUT2D eigenvalue weighted by molar-refractivity contribution is 6.35. The summed E-state index contributed by atoms with van der Waals surface area (Å²) in [6, 6.07) is 5.03. The van der Waals surface area contributed by atoms with Crippen LogP contribution in [0.1, 0.15) is 12.8 Å². The minimum absolute atomic E-state index is 0.0453. The highest BCUT2D eigenvalue weighted by Crippen LogP contribution is 2.25. The van der Waals surface area contributed by atoms with Crippen molar-refractivity contribution in [3.63, 3.8) is 0 Å². The van der Waals surface area contributed by atoms with Gasteiger partial charge in [-0.2, -0.15) is 0 Å². The van der Waals surface area contributed by atoms with Gasteiger partial charge >= 0.3 is 0 Å². The summed E-state index contributed by atoms with van der Waals surface area (Å²) in [6.45, 7) is 2.41. The molecule has 1 N–H and O–H groups in total. The summed E-state index contributed by atoms with van der Waals surface area (Å²) in [6.07, 6.45) is 2.34. The Morgan fingerprint density at radius 2 is 2.00 bits per heavy atom. The Labute approximate surface area is 111 Å². The second-order valence-electron chi connectivity index (χ2n) is 4.16. The minimum Gasteiger partial charge on any atom is -0.324 e. The number of anilines is 1. The zero-order valence-electron chi connectivity index (χ0n) is 9.38. The first-order chi connectivity index (χ1) is 8.15. The molecule has 1 saturated heterocycles. The van der Waals surface area contributed by atoms with Crippen molar-refractivity contribution in [2.24, 2.45) is 0 Å². The second kappa shape index (κ2) is 5.71. The van der Waals surface area contributed by atoms with Crippen LogP contribution in [0.15, 0.2) is 18.2 Å². The van der Waals surface area contributed by atoms with Crippen LogP contribution in [-0.2, 0) is 4.79 Å². The van der Waals surface area contributed by atoms with E-state index in [9.17, 15) is 4.79 Å². The van der Waals surface area contributed by atoms with Gasteiger partial charge in [-0.1, -0.05) is 23.2 Å². The van der Waals surface area contributed by atoms with Gasteiger partial charge in [-0.25, -0.2) is 0 Å². The Morgan fingerprint density at radius 1 is 1.29 bits per heavy atom. The fraction of sp³-hybridized carbons (Fsp3) is 0.417. The maximum absolute atomic E-state index is 11.8. The normalized spacial score (nSPS) is 16.1. The van der Waals surface area contributed by atoms with Gasteiger partial charge in [0.1, 0.15) is 0 Å². The molecule has 0 saturated carbocycles. The second-order valence-corrected chi connectivity index (χ2v) is 5.00. The minimum atomic E-state index is -0.0453. The van der Waals surface area contributed by atoms with Crippen molar-refractivity contribution in [3.8, 4) is 0 Å². The Balaban J connectivity index is 1.95. The number of hydrogen-bond acceptors (Lipinski definition) is 2. The number of amides is 1. The van der Waals surface area contributed by atoms with E-state index in [1.807, 2.05) is 0 Å². The average Bonchev–Trinajstić information content (AvgIpc) is 2.76. The molecule has 1 fully saturated rings. The van der Waals surface area contributed by atoms with E-state index < -0.39 is 0 Å². The lowest BCUT2D eigenvalue weighted by atomic mass is 10.3. The number of carbonyl (C=O) groups excluding carboxylic acids is 1. The molecule has 1 aromatic rings. The van der Waals surface area contributed by atoms with Gasteiger partial charge in [0.05, 0.1) is 17.3 Å². The first-order valence-corrected chi connectivity index (χ1v) is 6.38. The van der Waals surface area contributed by atoms with Gasteiger partial charge in [0.15, 0.2) is 0 Å². The summed E-state index contributed by atoms with van der Waals surface area (Å²) in [5.74, 6) is -0.0453. The van der Waals surface area contributed by atoms with E-state index in [2.05, 4.69) is 10.2 Å². The lowest BCUT2D eigenvalue weighted by Crippen LogP contribution is -2.30. The van der Waals surface area contributed by atoms with Crippen molar-refractivity contribution in [1.82, 2.24) is 4.90 Å². The van der Waals surface area contributed by atoms with Gasteiger partial charge in [0.2, 0.25) is 5.91 Å². The highest BCUT2D eigenvalue weighted by atomic mass is 35.5. The Kier molecular flexibility index (Phi) is 4.26. The number of nitrogens with one attached hydrogen (secondary N) is 1. The molecule has 17 heavy (non-hydrogen) atoms. The van der Waals surface area contributed by atoms with E-state index in [0.29, 0.717) is 22.3 Å². The van der Waals surface area contributed by atoms with E-state index in [-0.39, 0.29) is 5.91 Å². The molecule has 0 spiro atoms. The first-order valence-electron chi connectivity index (χ1n) is 5.62. The summed E-state index contributed by atoms with van der Waals surface area (Å²) in [4.78, 5) is 13.9. The Morgan fingerprint density at radius 3 is 2.71 bits per heavy atom. The van der Waals surface area contributed by atoms with Crippen LogP contribution in [0.3, 0.4) is 0 Å². The molecule has 0 aromatic heterocycles. The van der Waals surface area contributed by atoms with Crippen LogP contribution < -0.4 is 5.32 Å². The summed E-state index contributed by atoms with van der Waals surface area (Å²) >= 11 is 11.8. The maximum Gasteiger partial charge on any atom is 0.238 e. The van der Waals surface area contributed by atoms with Crippen LogP contribution in [0.25, 0.3) is 0 Å². The molecule has 5 heteroatoms. The van der Waals surface area contributed by atoms with Crippen LogP contribution >= 0.6 is 23.2 Å². The first kappa shape index (κ1) is 12.7. The highest BCUT2D eigenvalue weighted by Gasteiger charge is 2.15. The monoisotopic (exact) mass is 272 g/mol. The SMILES string of the molecule is O=C(CN1CCCC1)Nc1cc(Cl)ccc1Cl. The molecule has 1 aromatic carbocycles. The van der Waals surface area contributed by atoms with Gasteiger partial charge in [0, 0.05) is 5.02 Å². The predicted molar refractivity (Wildman–Crippen MR) is 70.8 cm³/mol. The van der Waals surface area contributed by atoms with Gasteiger partial charge in [-0.3, -0.25) is 9.69 Å². The third kappa shape index (κ3) is 3.60. The standard InChI is InChI=1S/C12H14Cl2N2O/c13-9-3-4-10(14)11(7-9)15-12(17)8-16-5-1-2-6-16/h3-4,7H,1-2,5-6,8H2,(H,15,17). The van der Waals surface area contributed by atoms with Gasteiger partial charge in [-0.05, 0) is 44.1 Å². The van der Waals surface area contributed by atoms with Gasteiger partial charge < -0.3 is 5.32 Å². The Hall–Kier alpha value is -0.770. The average molecular weight is 273 g/mol. The smallest absolute Gasteiger partial charge is 0.238 e. The van der Waals surface area contributed by atoms with Crippen LogP contribution in [0.4, 0.5) is 5.69 Å². The number of hydrogen-bond donors (Lipinski definition) is 1. The Bertz CT molecular complexity index is 417. The third-order valence-electron chi connectivity index (χ3n) is 2.77. The molecule has 1 heterocycles. The van der Waals surface area contributed by atoms with E-state index in [1.54, 1.807) is 18.2 Å². The molecular formula is C12H14Cl2N2O. The molecule has 92 valence electrons. The number of likely N-dealkylation sites (tertiary alicyclic amines) is 1. The van der Waals surface area contributed by atoms with Crippen LogP contribution in [0.5, 0.6) is 0 Å². The summed E-state index contributed by atoms with van der Waals surface area (Å²) in [5, 5.41) is 3.85. The molecule has 0 unspecified atom stereocenters. The molecule has 0 atom stereocenters. The largest absolute Gasteiger partial charge is 0.324 e. The molecule has 3 nitrogen and oxygen atoms in total. The van der Waals surface area contributed by atoms with Crippen molar-refractivity contribution in [2.75, 3.05) is 25.0 Å². The number of carbonyl (C=O) groups is 1. The number of halogens is 2. The molecular weight excluding hydrogens is 259 g/mol. The van der Waals surface area contributed by atoms with Crippen molar-refractivity contribution >= 4 is 34.8 Å². The fourth-order valence-corrected chi connectivity index (χ4v) is 2.26.